The van der Waals surface area contributed by atoms with Crippen molar-refractivity contribution in [3.8, 4) is 16.3 Å². The summed E-state index contributed by atoms with van der Waals surface area (Å²) in [4.78, 5) is 21.9. The summed E-state index contributed by atoms with van der Waals surface area (Å²) in [5, 5.41) is 3.71. The molecule has 0 aliphatic heterocycles. The first-order valence-corrected chi connectivity index (χ1v) is 9.96. The number of carbonyl (C=O) groups is 1. The quantitative estimate of drug-likeness (QED) is 0.473. The average molecular weight is 401 g/mol. The molecule has 2 aromatic carbocycles. The molecule has 144 valence electrons. The third kappa shape index (κ3) is 4.67. The Balaban J connectivity index is 1.40. The number of hydrogen-bond donors (Lipinski definition) is 1. The molecule has 0 aliphatic carbocycles. The molecule has 6 heteroatoms. The van der Waals surface area contributed by atoms with Crippen LogP contribution in [0, 0.1) is 6.92 Å². The Morgan fingerprint density at radius 1 is 1.03 bits per heavy atom. The number of hydrogen-bond acceptors (Lipinski definition) is 5. The maximum absolute atomic E-state index is 12.7. The van der Waals surface area contributed by atoms with Gasteiger partial charge in [0, 0.05) is 23.6 Å². The molecule has 0 saturated carbocycles. The molecule has 29 heavy (non-hydrogen) atoms. The predicted molar refractivity (Wildman–Crippen MR) is 115 cm³/mol. The van der Waals surface area contributed by atoms with Crippen LogP contribution in [0.15, 0.2) is 79.1 Å². The normalized spacial score (nSPS) is 10.5. The van der Waals surface area contributed by atoms with Crippen LogP contribution in [0.4, 0.5) is 5.69 Å². The van der Waals surface area contributed by atoms with Crippen LogP contribution in [0.1, 0.15) is 20.9 Å². The van der Waals surface area contributed by atoms with E-state index in [0.717, 1.165) is 21.9 Å². The van der Waals surface area contributed by atoms with Gasteiger partial charge in [-0.3, -0.25) is 9.78 Å². The monoisotopic (exact) mass is 401 g/mol. The third-order valence-corrected chi connectivity index (χ3v) is 5.48. The first-order valence-electron chi connectivity index (χ1n) is 9.15. The number of rotatable bonds is 6. The van der Waals surface area contributed by atoms with E-state index in [1.54, 1.807) is 12.4 Å². The lowest BCUT2D eigenvalue weighted by Gasteiger charge is -2.08. The smallest absolute Gasteiger partial charge is 0.267 e. The van der Waals surface area contributed by atoms with Crippen LogP contribution in [0.5, 0.6) is 5.75 Å². The van der Waals surface area contributed by atoms with Crippen molar-refractivity contribution in [2.75, 3.05) is 5.32 Å². The van der Waals surface area contributed by atoms with E-state index in [9.17, 15) is 4.79 Å². The highest BCUT2D eigenvalue weighted by Gasteiger charge is 2.16. The summed E-state index contributed by atoms with van der Waals surface area (Å²) >= 11 is 1.36. The summed E-state index contributed by atoms with van der Waals surface area (Å²) in [5.74, 6) is 0.577. The Hall–Kier alpha value is -3.51. The molecule has 2 heterocycles. The van der Waals surface area contributed by atoms with Gasteiger partial charge in [0.25, 0.3) is 5.91 Å². The van der Waals surface area contributed by atoms with E-state index in [-0.39, 0.29) is 5.91 Å². The lowest BCUT2D eigenvalue weighted by molar-refractivity contribution is 0.103. The van der Waals surface area contributed by atoms with Crippen molar-refractivity contribution in [2.45, 2.75) is 13.5 Å². The largest absolute Gasteiger partial charge is 0.489 e. The molecular formula is C23H19N3O2S. The Bertz CT molecular complexity index is 1090. The van der Waals surface area contributed by atoms with Gasteiger partial charge in [0.05, 0.1) is 5.69 Å². The van der Waals surface area contributed by atoms with Crippen molar-refractivity contribution in [1.82, 2.24) is 9.97 Å². The number of benzene rings is 2. The summed E-state index contributed by atoms with van der Waals surface area (Å²) in [6.45, 7) is 2.34. The molecule has 4 rings (SSSR count). The van der Waals surface area contributed by atoms with Crippen molar-refractivity contribution < 1.29 is 9.53 Å². The number of anilines is 1. The summed E-state index contributed by atoms with van der Waals surface area (Å²) in [5.41, 5.74) is 3.42. The van der Waals surface area contributed by atoms with Gasteiger partial charge in [-0.15, -0.1) is 11.3 Å². The van der Waals surface area contributed by atoms with Crippen molar-refractivity contribution in [1.29, 1.82) is 0 Å². The predicted octanol–water partition coefficient (Wildman–Crippen LogP) is 5.34. The van der Waals surface area contributed by atoms with Crippen molar-refractivity contribution in [2.24, 2.45) is 0 Å². The number of nitrogens with zero attached hydrogens (tertiary/aromatic N) is 2. The second-order valence-corrected chi connectivity index (χ2v) is 7.43. The maximum atomic E-state index is 12.7. The van der Waals surface area contributed by atoms with E-state index in [2.05, 4.69) is 15.3 Å². The Morgan fingerprint density at radius 2 is 1.83 bits per heavy atom. The fourth-order valence-electron chi connectivity index (χ4n) is 2.78. The number of carbonyl (C=O) groups excluding carboxylic acids is 1. The fraction of sp³-hybridized carbons (Fsp3) is 0.0870. The second-order valence-electron chi connectivity index (χ2n) is 6.43. The maximum Gasteiger partial charge on any atom is 0.267 e. The minimum Gasteiger partial charge on any atom is -0.489 e. The lowest BCUT2D eigenvalue weighted by Crippen LogP contribution is -2.11. The molecule has 0 unspecified atom stereocenters. The van der Waals surface area contributed by atoms with E-state index < -0.39 is 0 Å². The summed E-state index contributed by atoms with van der Waals surface area (Å²) < 4.78 is 5.78. The van der Waals surface area contributed by atoms with Crippen molar-refractivity contribution in [3.05, 3.63) is 95.3 Å². The van der Waals surface area contributed by atoms with Crippen molar-refractivity contribution >= 4 is 22.9 Å². The Labute approximate surface area is 173 Å². The molecule has 5 nitrogen and oxygen atoms in total. The van der Waals surface area contributed by atoms with Crippen LogP contribution in [0.25, 0.3) is 10.6 Å². The van der Waals surface area contributed by atoms with Crippen LogP contribution >= 0.6 is 11.3 Å². The fourth-order valence-corrected chi connectivity index (χ4v) is 3.73. The van der Waals surface area contributed by atoms with Crippen LogP contribution in [-0.2, 0) is 6.61 Å². The molecular weight excluding hydrogens is 382 g/mol. The zero-order valence-electron chi connectivity index (χ0n) is 15.8. The highest BCUT2D eigenvalue weighted by Crippen LogP contribution is 2.28. The zero-order valence-corrected chi connectivity index (χ0v) is 16.6. The van der Waals surface area contributed by atoms with E-state index in [1.165, 1.54) is 11.3 Å². The van der Waals surface area contributed by atoms with Gasteiger partial charge < -0.3 is 10.1 Å². The minimum absolute atomic E-state index is 0.173. The van der Waals surface area contributed by atoms with Gasteiger partial charge in [0.2, 0.25) is 0 Å². The summed E-state index contributed by atoms with van der Waals surface area (Å²) in [7, 11) is 0. The highest BCUT2D eigenvalue weighted by atomic mass is 32.1. The topological polar surface area (TPSA) is 64.1 Å². The molecule has 1 amide bonds. The molecule has 2 aromatic heterocycles. The van der Waals surface area contributed by atoms with E-state index in [1.807, 2.05) is 73.7 Å². The molecule has 4 aromatic rings. The SMILES string of the molecule is Cc1nc(-c2cccnc2)sc1C(=O)Nc1ccc(OCc2ccccc2)cc1. The third-order valence-electron chi connectivity index (χ3n) is 4.27. The van der Waals surface area contributed by atoms with E-state index >= 15 is 0 Å². The van der Waals surface area contributed by atoms with Gasteiger partial charge in [0.15, 0.2) is 0 Å². The standard InChI is InChI=1S/C23H19N3O2S/c1-16-21(29-23(25-16)18-8-5-13-24-14-18)22(27)26-19-9-11-20(12-10-19)28-15-17-6-3-2-4-7-17/h2-14H,15H2,1H3,(H,26,27). The number of aromatic nitrogens is 2. The van der Waals surface area contributed by atoms with Crippen LogP contribution in [0.2, 0.25) is 0 Å². The van der Waals surface area contributed by atoms with Crippen molar-refractivity contribution in [3.63, 3.8) is 0 Å². The Kier molecular flexibility index (Phi) is 5.63. The number of nitrogens with one attached hydrogen (secondary N) is 1. The Morgan fingerprint density at radius 3 is 2.55 bits per heavy atom. The molecule has 0 radical (unpaired) electrons. The molecule has 0 saturated heterocycles. The lowest BCUT2D eigenvalue weighted by atomic mass is 10.2. The van der Waals surface area contributed by atoms with E-state index in [0.29, 0.717) is 22.9 Å². The van der Waals surface area contributed by atoms with Gasteiger partial charge in [-0.05, 0) is 48.9 Å². The van der Waals surface area contributed by atoms with E-state index in [4.69, 9.17) is 4.74 Å². The molecule has 0 fully saturated rings. The molecule has 1 N–H and O–H groups in total. The molecule has 0 atom stereocenters. The van der Waals surface area contributed by atoms with Gasteiger partial charge in [-0.25, -0.2) is 4.98 Å². The number of thiazole rings is 1. The van der Waals surface area contributed by atoms with Crippen LogP contribution in [-0.4, -0.2) is 15.9 Å². The molecule has 0 spiro atoms. The number of ether oxygens (including phenoxy) is 1. The number of amides is 1. The average Bonchev–Trinajstić information content (AvgIpc) is 3.16. The minimum atomic E-state index is -0.173. The zero-order chi connectivity index (χ0) is 20.1. The summed E-state index contributed by atoms with van der Waals surface area (Å²) in [6, 6.07) is 21.1. The van der Waals surface area contributed by atoms with Crippen LogP contribution < -0.4 is 10.1 Å². The van der Waals surface area contributed by atoms with Gasteiger partial charge >= 0.3 is 0 Å². The first-order chi connectivity index (χ1) is 14.2. The second kappa shape index (κ2) is 8.67. The number of aryl methyl sites for hydroxylation is 1. The van der Waals surface area contributed by atoms with Gasteiger partial charge in [-0.2, -0.15) is 0 Å². The molecule has 0 bridgehead atoms. The van der Waals surface area contributed by atoms with Gasteiger partial charge in [0.1, 0.15) is 22.2 Å². The first kappa shape index (κ1) is 18.8. The highest BCUT2D eigenvalue weighted by molar-refractivity contribution is 7.17. The van der Waals surface area contributed by atoms with Gasteiger partial charge in [-0.1, -0.05) is 30.3 Å². The summed E-state index contributed by atoms with van der Waals surface area (Å²) in [6.07, 6.45) is 3.46. The van der Waals surface area contributed by atoms with Crippen LogP contribution in [0.3, 0.4) is 0 Å². The number of pyridine rings is 1. The molecule has 0 aliphatic rings.